The van der Waals surface area contributed by atoms with E-state index in [1.54, 1.807) is 0 Å². The minimum absolute atomic E-state index is 0.0307. The number of hydrogen-bond donors (Lipinski definition) is 1. The summed E-state index contributed by atoms with van der Waals surface area (Å²) in [6.45, 7) is 2.87. The van der Waals surface area contributed by atoms with Crippen molar-refractivity contribution in [2.45, 2.75) is 50.6 Å². The van der Waals surface area contributed by atoms with Gasteiger partial charge < -0.3 is 10.6 Å². The van der Waals surface area contributed by atoms with Crippen LogP contribution < -0.4 is 5.73 Å². The Morgan fingerprint density at radius 3 is 2.52 bits per heavy atom. The summed E-state index contributed by atoms with van der Waals surface area (Å²) in [4.78, 5) is 15.1. The molecule has 0 radical (unpaired) electrons. The lowest BCUT2D eigenvalue weighted by Crippen LogP contribution is -2.48. The maximum atomic E-state index is 13.1. The lowest BCUT2D eigenvalue weighted by atomic mass is 9.84. The molecule has 1 aromatic carbocycles. The van der Waals surface area contributed by atoms with Crippen LogP contribution in [-0.4, -0.2) is 29.4 Å². The summed E-state index contributed by atoms with van der Waals surface area (Å²) in [7, 11) is 0. The van der Waals surface area contributed by atoms with Crippen molar-refractivity contribution in [1.29, 1.82) is 0 Å². The van der Waals surface area contributed by atoms with Gasteiger partial charge in [-0.15, -0.1) is 0 Å². The number of fused-ring (bicyclic) bond motifs is 2. The number of halogens is 1. The predicted molar refractivity (Wildman–Crippen MR) is 87.2 cm³/mol. The quantitative estimate of drug-likeness (QED) is 0.912. The summed E-state index contributed by atoms with van der Waals surface area (Å²) in [5.74, 6) is 1.45. The number of hydrogen-bond acceptors (Lipinski definition) is 2. The average Bonchev–Trinajstić information content (AvgIpc) is 3.22. The standard InChI is InChI=1S/C19H25FN2O/c1-11-8-15(12-4-6-16(20)7-5-12)10-22(11)19(23)17-13-2-3-14(9-13)18(17)21/h4-7,11,13-15,17-18H,2-3,8-10,21H2,1H3. The van der Waals surface area contributed by atoms with E-state index in [0.29, 0.717) is 17.8 Å². The van der Waals surface area contributed by atoms with Crippen molar-refractivity contribution in [3.05, 3.63) is 35.6 Å². The third-order valence-corrected chi connectivity index (χ3v) is 6.47. The first-order chi connectivity index (χ1) is 11.0. The molecule has 0 aromatic heterocycles. The molecular weight excluding hydrogens is 291 g/mol. The second-order valence-corrected chi connectivity index (χ2v) is 7.76. The van der Waals surface area contributed by atoms with Crippen LogP contribution in [0.4, 0.5) is 4.39 Å². The number of carbonyl (C=O) groups is 1. The fourth-order valence-corrected chi connectivity index (χ4v) is 5.21. The molecular formula is C19H25FN2O. The van der Waals surface area contributed by atoms with Crippen molar-refractivity contribution < 1.29 is 9.18 Å². The van der Waals surface area contributed by atoms with E-state index in [0.717, 1.165) is 24.9 Å². The van der Waals surface area contributed by atoms with Gasteiger partial charge in [0.25, 0.3) is 0 Å². The van der Waals surface area contributed by atoms with Crippen LogP contribution in [0.3, 0.4) is 0 Å². The second kappa shape index (κ2) is 5.59. The van der Waals surface area contributed by atoms with Gasteiger partial charge in [0.2, 0.25) is 5.91 Å². The predicted octanol–water partition coefficient (Wildman–Crippen LogP) is 2.90. The summed E-state index contributed by atoms with van der Waals surface area (Å²) in [6, 6.07) is 7.02. The monoisotopic (exact) mass is 316 g/mol. The zero-order chi connectivity index (χ0) is 16.1. The van der Waals surface area contributed by atoms with Crippen LogP contribution in [0.1, 0.15) is 44.1 Å². The maximum absolute atomic E-state index is 13.1. The Kier molecular flexibility index (Phi) is 3.67. The summed E-state index contributed by atoms with van der Waals surface area (Å²) >= 11 is 0. The summed E-state index contributed by atoms with van der Waals surface area (Å²) in [5.41, 5.74) is 7.48. The molecule has 1 aromatic rings. The van der Waals surface area contributed by atoms with Gasteiger partial charge in [0, 0.05) is 24.5 Å². The first kappa shape index (κ1) is 15.1. The zero-order valence-electron chi connectivity index (χ0n) is 13.6. The molecule has 2 N–H and O–H groups in total. The van der Waals surface area contributed by atoms with E-state index >= 15 is 0 Å². The molecule has 1 amide bonds. The van der Waals surface area contributed by atoms with E-state index in [-0.39, 0.29) is 29.7 Å². The number of nitrogens with two attached hydrogens (primary N) is 1. The smallest absolute Gasteiger partial charge is 0.227 e. The number of carbonyl (C=O) groups excluding carboxylic acids is 1. The van der Waals surface area contributed by atoms with Gasteiger partial charge in [-0.25, -0.2) is 4.39 Å². The molecule has 124 valence electrons. The van der Waals surface area contributed by atoms with Crippen LogP contribution in [0, 0.1) is 23.6 Å². The fourth-order valence-electron chi connectivity index (χ4n) is 5.21. The molecule has 3 fully saturated rings. The van der Waals surface area contributed by atoms with Gasteiger partial charge >= 0.3 is 0 Å². The molecule has 1 aliphatic heterocycles. The molecule has 2 bridgehead atoms. The van der Waals surface area contributed by atoms with Crippen molar-refractivity contribution in [3.8, 4) is 0 Å². The van der Waals surface area contributed by atoms with Gasteiger partial charge in [0.05, 0.1) is 5.92 Å². The Hall–Kier alpha value is -1.42. The highest BCUT2D eigenvalue weighted by atomic mass is 19.1. The van der Waals surface area contributed by atoms with E-state index in [4.69, 9.17) is 5.73 Å². The molecule has 6 atom stereocenters. The largest absolute Gasteiger partial charge is 0.339 e. The molecule has 1 heterocycles. The Morgan fingerprint density at radius 2 is 1.87 bits per heavy atom. The molecule has 23 heavy (non-hydrogen) atoms. The average molecular weight is 316 g/mol. The SMILES string of the molecule is CC1CC(c2ccc(F)cc2)CN1C(=O)C1C2CCC(C2)C1N. The van der Waals surface area contributed by atoms with Crippen LogP contribution in [-0.2, 0) is 4.79 Å². The van der Waals surface area contributed by atoms with Gasteiger partial charge in [0.15, 0.2) is 0 Å². The van der Waals surface area contributed by atoms with Crippen molar-refractivity contribution in [2.75, 3.05) is 6.54 Å². The summed E-state index contributed by atoms with van der Waals surface area (Å²) in [5, 5.41) is 0. The molecule has 2 aliphatic carbocycles. The van der Waals surface area contributed by atoms with Crippen molar-refractivity contribution in [3.63, 3.8) is 0 Å². The Labute approximate surface area is 137 Å². The highest BCUT2D eigenvalue weighted by Crippen LogP contribution is 2.49. The third-order valence-electron chi connectivity index (χ3n) is 6.47. The molecule has 1 saturated heterocycles. The molecule has 3 aliphatic rings. The first-order valence-electron chi connectivity index (χ1n) is 8.86. The number of amides is 1. The molecule has 0 spiro atoms. The van der Waals surface area contributed by atoms with Crippen molar-refractivity contribution in [1.82, 2.24) is 4.90 Å². The highest BCUT2D eigenvalue weighted by Gasteiger charge is 2.51. The van der Waals surface area contributed by atoms with E-state index in [1.807, 2.05) is 17.0 Å². The Balaban J connectivity index is 1.49. The zero-order valence-corrected chi connectivity index (χ0v) is 13.6. The van der Waals surface area contributed by atoms with E-state index in [2.05, 4.69) is 6.92 Å². The van der Waals surface area contributed by atoms with Crippen LogP contribution >= 0.6 is 0 Å². The normalized spacial score (nSPS) is 39.2. The van der Waals surface area contributed by atoms with Gasteiger partial charge in [-0.05, 0) is 62.1 Å². The number of likely N-dealkylation sites (tertiary alicyclic amines) is 1. The first-order valence-corrected chi connectivity index (χ1v) is 8.86. The van der Waals surface area contributed by atoms with Gasteiger partial charge in [-0.3, -0.25) is 4.79 Å². The maximum Gasteiger partial charge on any atom is 0.227 e. The summed E-state index contributed by atoms with van der Waals surface area (Å²) < 4.78 is 13.1. The molecule has 6 unspecified atom stereocenters. The molecule has 2 saturated carbocycles. The molecule has 3 nitrogen and oxygen atoms in total. The Bertz CT molecular complexity index is 600. The number of rotatable bonds is 2. The van der Waals surface area contributed by atoms with Crippen LogP contribution in [0.2, 0.25) is 0 Å². The van der Waals surface area contributed by atoms with Crippen LogP contribution in [0.15, 0.2) is 24.3 Å². The second-order valence-electron chi connectivity index (χ2n) is 7.76. The number of nitrogens with zero attached hydrogens (tertiary/aromatic N) is 1. The van der Waals surface area contributed by atoms with Gasteiger partial charge in [-0.2, -0.15) is 0 Å². The number of benzene rings is 1. The lowest BCUT2D eigenvalue weighted by Gasteiger charge is -2.32. The van der Waals surface area contributed by atoms with Crippen molar-refractivity contribution >= 4 is 5.91 Å². The third kappa shape index (κ3) is 2.47. The fraction of sp³-hybridized carbons (Fsp3) is 0.632. The molecule has 4 rings (SSSR count). The highest BCUT2D eigenvalue weighted by molar-refractivity contribution is 5.81. The minimum Gasteiger partial charge on any atom is -0.339 e. The van der Waals surface area contributed by atoms with Crippen LogP contribution in [0.25, 0.3) is 0 Å². The van der Waals surface area contributed by atoms with Crippen molar-refractivity contribution in [2.24, 2.45) is 23.5 Å². The minimum atomic E-state index is -0.208. The van der Waals surface area contributed by atoms with E-state index in [9.17, 15) is 9.18 Å². The molecule has 4 heteroatoms. The van der Waals surface area contributed by atoms with Gasteiger partial charge in [-0.1, -0.05) is 12.1 Å². The topological polar surface area (TPSA) is 46.3 Å². The Morgan fingerprint density at radius 1 is 1.17 bits per heavy atom. The van der Waals surface area contributed by atoms with E-state index < -0.39 is 0 Å². The summed E-state index contributed by atoms with van der Waals surface area (Å²) in [6.07, 6.45) is 4.45. The lowest BCUT2D eigenvalue weighted by molar-refractivity contribution is -0.138. The van der Waals surface area contributed by atoms with E-state index in [1.165, 1.54) is 25.0 Å². The van der Waals surface area contributed by atoms with Gasteiger partial charge in [0.1, 0.15) is 5.82 Å². The van der Waals surface area contributed by atoms with Crippen LogP contribution in [0.5, 0.6) is 0 Å².